The Morgan fingerprint density at radius 3 is 2.60 bits per heavy atom. The standard InChI is InChI=1S/C48H55N9O7S/c1-30(2)36-6-3-4-7-37(36)39-8-5-17-56(39)34-25-48(26-34)14-18-55(19-15-48)33-9-10-38(41(23-33)64-35-22-32-11-16-49-46(32)51-28-35)47(58)54-65(61,62)42-24-40(57(59)60)43(45-44(42)52-29-53-45)50-27-31-12-20-63-21-13-31/h3-4,6-7,9-11,16,22-24,28-31,34,39,50H,5,8,12-15,17-21,25-27H2,1-2H3,(H,49,51)(H,52,53)(H,54,58)/t39-/m0/s1. The van der Waals surface area contributed by atoms with E-state index in [4.69, 9.17) is 9.47 Å². The Balaban J connectivity index is 0.877. The van der Waals surface area contributed by atoms with Crippen LogP contribution < -0.4 is 19.7 Å². The van der Waals surface area contributed by atoms with Gasteiger partial charge in [0, 0.05) is 74.3 Å². The summed E-state index contributed by atoms with van der Waals surface area (Å²) in [4.78, 5) is 45.2. The van der Waals surface area contributed by atoms with Crippen LogP contribution in [0.2, 0.25) is 0 Å². The first kappa shape index (κ1) is 42.9. The molecule has 1 amide bonds. The van der Waals surface area contributed by atoms with E-state index in [1.165, 1.54) is 43.1 Å². The molecule has 1 aliphatic carbocycles. The molecule has 16 nitrogen and oxygen atoms in total. The van der Waals surface area contributed by atoms with Crippen LogP contribution in [-0.2, 0) is 14.8 Å². The maximum Gasteiger partial charge on any atom is 0.296 e. The first-order chi connectivity index (χ1) is 31.4. The number of aromatic nitrogens is 4. The highest BCUT2D eigenvalue weighted by atomic mass is 32.2. The molecule has 3 saturated heterocycles. The number of nitrogens with zero attached hydrogens (tertiary/aromatic N) is 5. The van der Waals surface area contributed by atoms with E-state index in [9.17, 15) is 23.3 Å². The number of nitro benzene ring substituents is 1. The highest BCUT2D eigenvalue weighted by Gasteiger charge is 2.50. The molecule has 0 bridgehead atoms. The SMILES string of the molecule is CC(C)c1ccccc1[C@@H]1CCCN1C1CC2(CCN(c3ccc(C(=O)NS(=O)(=O)c4cc([N+](=O)[O-])c(NCC5CCOCC5)c5[nH]cnc45)c(Oc4cnc5[nH]ccc5c4)c3)CC2)C1. The Bertz CT molecular complexity index is 2860. The Labute approximate surface area is 377 Å². The highest BCUT2D eigenvalue weighted by molar-refractivity contribution is 7.90. The number of sulfonamides is 1. The summed E-state index contributed by atoms with van der Waals surface area (Å²) in [7, 11) is -4.72. The van der Waals surface area contributed by atoms with Crippen LogP contribution in [0.4, 0.5) is 17.1 Å². The molecule has 340 valence electrons. The lowest BCUT2D eigenvalue weighted by molar-refractivity contribution is -0.384. The molecular formula is C48H55N9O7S. The largest absolute Gasteiger partial charge is 0.455 e. The molecule has 65 heavy (non-hydrogen) atoms. The zero-order valence-corrected chi connectivity index (χ0v) is 37.5. The molecule has 4 fully saturated rings. The average molecular weight is 902 g/mol. The number of anilines is 2. The van der Waals surface area contributed by atoms with E-state index >= 15 is 0 Å². The fourth-order valence-corrected chi connectivity index (χ4v) is 12.0. The maximum atomic E-state index is 14.2. The Kier molecular flexibility index (Phi) is 11.5. The molecule has 17 heteroatoms. The third kappa shape index (κ3) is 8.40. The monoisotopic (exact) mass is 901 g/mol. The number of amides is 1. The fourth-order valence-electron chi connectivity index (χ4n) is 10.8. The first-order valence-electron chi connectivity index (χ1n) is 22.8. The summed E-state index contributed by atoms with van der Waals surface area (Å²) in [5, 5.41) is 16.4. The van der Waals surface area contributed by atoms with Crippen molar-refractivity contribution in [3.05, 3.63) is 106 Å². The number of hydrogen-bond donors (Lipinski definition) is 4. The Morgan fingerprint density at radius 1 is 1.02 bits per heavy atom. The Hall–Kier alpha value is -6.04. The second kappa shape index (κ2) is 17.4. The van der Waals surface area contributed by atoms with Gasteiger partial charge in [-0.15, -0.1) is 0 Å². The third-order valence-electron chi connectivity index (χ3n) is 14.3. The molecule has 10 rings (SSSR count). The zero-order valence-electron chi connectivity index (χ0n) is 36.7. The molecule has 0 unspecified atom stereocenters. The summed E-state index contributed by atoms with van der Waals surface area (Å²) in [5.74, 6) is 0.247. The highest BCUT2D eigenvalue weighted by Crippen LogP contribution is 2.54. The minimum absolute atomic E-state index is 0.0384. The number of hydrogen-bond acceptors (Lipinski definition) is 12. The summed E-state index contributed by atoms with van der Waals surface area (Å²) in [5.41, 5.74) is 4.50. The van der Waals surface area contributed by atoms with Crippen molar-refractivity contribution in [2.45, 2.75) is 88.1 Å². The second-order valence-corrected chi connectivity index (χ2v) is 20.3. The van der Waals surface area contributed by atoms with Crippen molar-refractivity contribution in [2.75, 3.05) is 49.6 Å². The van der Waals surface area contributed by atoms with E-state index < -0.39 is 31.4 Å². The maximum absolute atomic E-state index is 14.2. The lowest BCUT2D eigenvalue weighted by Crippen LogP contribution is -2.54. The van der Waals surface area contributed by atoms with Gasteiger partial charge in [0.25, 0.3) is 21.6 Å². The summed E-state index contributed by atoms with van der Waals surface area (Å²) >= 11 is 0. The average Bonchev–Trinajstić information content (AvgIpc) is 4.09. The predicted octanol–water partition coefficient (Wildman–Crippen LogP) is 8.81. The predicted molar refractivity (Wildman–Crippen MR) is 248 cm³/mol. The molecule has 3 aliphatic heterocycles. The van der Waals surface area contributed by atoms with Gasteiger partial charge in [0.1, 0.15) is 33.2 Å². The van der Waals surface area contributed by atoms with Crippen molar-refractivity contribution in [3.63, 3.8) is 0 Å². The quantitative estimate of drug-likeness (QED) is 0.0635. The normalized spacial score (nSPS) is 19.6. The van der Waals surface area contributed by atoms with E-state index in [0.717, 1.165) is 62.5 Å². The van der Waals surface area contributed by atoms with Crippen LogP contribution in [0.3, 0.4) is 0 Å². The molecule has 1 spiro atoms. The molecule has 6 aromatic rings. The minimum atomic E-state index is -4.72. The number of piperidine rings is 1. The van der Waals surface area contributed by atoms with Gasteiger partial charge in [0.15, 0.2) is 0 Å². The summed E-state index contributed by atoms with van der Waals surface area (Å²) in [6.07, 6.45) is 13.1. The van der Waals surface area contributed by atoms with Gasteiger partial charge in [0.2, 0.25) is 0 Å². The number of nitrogens with one attached hydrogen (secondary N) is 4. The van der Waals surface area contributed by atoms with E-state index in [1.54, 1.807) is 30.6 Å². The van der Waals surface area contributed by atoms with Crippen molar-refractivity contribution in [3.8, 4) is 11.5 Å². The summed E-state index contributed by atoms with van der Waals surface area (Å²) in [6.45, 7) is 9.03. The number of imidazole rings is 1. The van der Waals surface area contributed by atoms with E-state index in [2.05, 4.69) is 77.9 Å². The number of fused-ring (bicyclic) bond motifs is 2. The molecular weight excluding hydrogens is 847 g/mol. The lowest BCUT2D eigenvalue weighted by Gasteiger charge is -2.56. The van der Waals surface area contributed by atoms with Gasteiger partial charge in [-0.2, -0.15) is 0 Å². The van der Waals surface area contributed by atoms with Crippen LogP contribution in [0, 0.1) is 21.4 Å². The number of aromatic amines is 2. The smallest absolute Gasteiger partial charge is 0.296 e. The topological polar surface area (TPSA) is 201 Å². The Morgan fingerprint density at radius 2 is 1.82 bits per heavy atom. The number of likely N-dealkylation sites (tertiary alicyclic amines) is 1. The van der Waals surface area contributed by atoms with E-state index in [1.807, 2.05) is 12.1 Å². The van der Waals surface area contributed by atoms with Gasteiger partial charge in [-0.1, -0.05) is 38.1 Å². The number of H-pyrrole nitrogens is 2. The summed E-state index contributed by atoms with van der Waals surface area (Å²) < 4.78 is 42.3. The molecule has 4 aliphatic rings. The van der Waals surface area contributed by atoms with Crippen molar-refractivity contribution in [2.24, 2.45) is 11.3 Å². The van der Waals surface area contributed by atoms with Crippen LogP contribution in [-0.4, -0.2) is 89.5 Å². The number of pyridine rings is 1. The molecule has 1 atom stereocenters. The second-order valence-electron chi connectivity index (χ2n) is 18.6. The first-order valence-corrected chi connectivity index (χ1v) is 24.3. The molecule has 3 aromatic carbocycles. The van der Waals surface area contributed by atoms with Gasteiger partial charge >= 0.3 is 0 Å². The summed E-state index contributed by atoms with van der Waals surface area (Å²) in [6, 6.07) is 19.8. The number of carbonyl (C=O) groups is 1. The number of rotatable bonds is 13. The number of carbonyl (C=O) groups excluding carboxylic acids is 1. The fraction of sp³-hybridized carbons (Fsp3) is 0.438. The molecule has 3 aromatic heterocycles. The van der Waals surface area contributed by atoms with E-state index in [0.29, 0.717) is 54.6 Å². The van der Waals surface area contributed by atoms with Gasteiger partial charge in [-0.3, -0.25) is 19.8 Å². The lowest BCUT2D eigenvalue weighted by atomic mass is 9.59. The van der Waals surface area contributed by atoms with Crippen LogP contribution >= 0.6 is 0 Å². The van der Waals surface area contributed by atoms with Gasteiger partial charge < -0.3 is 29.7 Å². The van der Waals surface area contributed by atoms with Crippen LogP contribution in [0.25, 0.3) is 22.1 Å². The zero-order chi connectivity index (χ0) is 44.9. The molecule has 0 radical (unpaired) electrons. The number of benzene rings is 3. The van der Waals surface area contributed by atoms with Gasteiger partial charge in [-0.05, 0) is 111 Å². The van der Waals surface area contributed by atoms with E-state index in [-0.39, 0.29) is 34.0 Å². The van der Waals surface area contributed by atoms with Crippen molar-refractivity contribution in [1.29, 1.82) is 0 Å². The molecule has 6 heterocycles. The van der Waals surface area contributed by atoms with Crippen molar-refractivity contribution >= 4 is 55.1 Å². The van der Waals surface area contributed by atoms with Crippen molar-refractivity contribution in [1.82, 2.24) is 29.6 Å². The molecule has 4 N–H and O–H groups in total. The van der Waals surface area contributed by atoms with Crippen LogP contribution in [0.1, 0.15) is 98.7 Å². The third-order valence-corrected chi connectivity index (χ3v) is 15.7. The van der Waals surface area contributed by atoms with Crippen molar-refractivity contribution < 1.29 is 27.6 Å². The van der Waals surface area contributed by atoms with Crippen LogP contribution in [0.5, 0.6) is 11.5 Å². The van der Waals surface area contributed by atoms with Gasteiger partial charge in [-0.25, -0.2) is 23.1 Å². The van der Waals surface area contributed by atoms with Crippen LogP contribution in [0.15, 0.2) is 84.3 Å². The number of nitro groups is 1. The number of ether oxygens (including phenoxy) is 2. The molecule has 1 saturated carbocycles. The minimum Gasteiger partial charge on any atom is -0.455 e. The van der Waals surface area contributed by atoms with Gasteiger partial charge in [0.05, 0.1) is 28.5 Å².